The number of carbonyl (C=O) groups excluding carboxylic acids is 1. The highest BCUT2D eigenvalue weighted by Crippen LogP contribution is 2.21. The molecule has 3 aromatic rings. The summed E-state index contributed by atoms with van der Waals surface area (Å²) in [4.78, 5) is 14.5. The van der Waals surface area contributed by atoms with Crippen molar-refractivity contribution in [3.05, 3.63) is 76.9 Å². The molecule has 0 saturated heterocycles. The highest BCUT2D eigenvalue weighted by Gasteiger charge is 2.07. The Kier molecular flexibility index (Phi) is 5.68. The Morgan fingerprint density at radius 3 is 2.74 bits per heavy atom. The van der Waals surface area contributed by atoms with Gasteiger partial charge < -0.3 is 10.3 Å². The molecule has 3 rings (SSSR count). The molecule has 0 aliphatic carbocycles. The lowest BCUT2D eigenvalue weighted by molar-refractivity contribution is -0.124. The van der Waals surface area contributed by atoms with E-state index in [9.17, 15) is 4.79 Å². The van der Waals surface area contributed by atoms with E-state index < -0.39 is 5.91 Å². The third kappa shape index (κ3) is 5.44. The number of aromatic amines is 1. The molecule has 4 N–H and O–H groups in total. The molecule has 0 unspecified atom stereocenters. The predicted octanol–water partition coefficient (Wildman–Crippen LogP) is 3.75. The van der Waals surface area contributed by atoms with Crippen molar-refractivity contribution in [3.8, 4) is 0 Å². The van der Waals surface area contributed by atoms with Crippen LogP contribution < -0.4 is 10.8 Å². The maximum absolute atomic E-state index is 11.1. The first kappa shape index (κ1) is 15.5. The second-order valence-electron chi connectivity index (χ2n) is 5.90. The molecule has 0 aliphatic heterocycles. The average Bonchev–Trinajstić information content (AvgIpc) is 3.06. The molecular weight excluding hydrogens is 362 g/mol. The summed E-state index contributed by atoms with van der Waals surface area (Å²) >= 11 is 0. The number of H-pyrrole nitrogens is 1. The van der Waals surface area contributed by atoms with Crippen molar-refractivity contribution in [1.82, 2.24) is 15.8 Å². The van der Waals surface area contributed by atoms with Crippen LogP contribution in [0.2, 0.25) is 0 Å². The number of carbonyl (C=O) groups is 1. The molecule has 0 aliphatic rings. The van der Waals surface area contributed by atoms with Crippen molar-refractivity contribution in [1.29, 1.82) is 0 Å². The van der Waals surface area contributed by atoms with Crippen LogP contribution in [0.1, 0.15) is 27.9 Å². The average molecular weight is 390 g/mol. The first-order chi connectivity index (χ1) is 14.3. The van der Waals surface area contributed by atoms with Gasteiger partial charge in [0.05, 0.1) is 5.48 Å². The molecule has 27 heavy (non-hydrogen) atoms. The smallest absolute Gasteiger partial charge is 0.267 e. The quantitative estimate of drug-likeness (QED) is 0.215. The predicted molar refractivity (Wildman–Crippen MR) is 111 cm³/mol. The van der Waals surface area contributed by atoms with E-state index in [0.717, 1.165) is 29.8 Å². The van der Waals surface area contributed by atoms with Crippen molar-refractivity contribution in [2.75, 3.05) is 6.54 Å². The molecule has 0 fully saturated rings. The lowest BCUT2D eigenvalue weighted by Gasteiger charge is -2.06. The molecular formula is C21H24ClN3O2. The van der Waals surface area contributed by atoms with E-state index in [4.69, 9.17) is 10.7 Å². The Morgan fingerprint density at radius 2 is 2.00 bits per heavy atom. The standard InChI is InChI=1S/C21H23N3O2.ClH/c1-15-18(19-4-2-3-5-20(19)23-15)12-13-22-14-17-8-6-16(7-9-17)10-11-21(25)24-26;/h2-11,22-23,26H,12-14H2,1H3,(H,24,25);1H/b11-10+;/i6D,7D,8D,9D;. The second-order valence-corrected chi connectivity index (χ2v) is 5.90. The molecule has 2 aromatic carbocycles. The van der Waals surface area contributed by atoms with Crippen LogP contribution in [0, 0.1) is 6.92 Å². The van der Waals surface area contributed by atoms with Gasteiger partial charge in [0, 0.05) is 29.2 Å². The van der Waals surface area contributed by atoms with Crippen LogP contribution in [0.25, 0.3) is 17.0 Å². The third-order valence-electron chi connectivity index (χ3n) is 4.09. The van der Waals surface area contributed by atoms with Crippen molar-refractivity contribution in [3.63, 3.8) is 0 Å². The summed E-state index contributed by atoms with van der Waals surface area (Å²) in [7, 11) is 0. The molecule has 5 nitrogen and oxygen atoms in total. The van der Waals surface area contributed by atoms with E-state index >= 15 is 0 Å². The van der Waals surface area contributed by atoms with Crippen LogP contribution in [0.4, 0.5) is 0 Å². The molecule has 6 heteroatoms. The Labute approximate surface area is 170 Å². The highest BCUT2D eigenvalue weighted by molar-refractivity contribution is 5.90. The molecule has 1 amide bonds. The molecule has 142 valence electrons. The lowest BCUT2D eigenvalue weighted by Crippen LogP contribution is -2.16. The first-order valence-electron chi connectivity index (χ1n) is 10.3. The summed E-state index contributed by atoms with van der Waals surface area (Å²) in [6.07, 6.45) is 2.87. The summed E-state index contributed by atoms with van der Waals surface area (Å²) in [6.45, 7) is 2.83. The number of hydrogen-bond donors (Lipinski definition) is 4. The third-order valence-corrected chi connectivity index (χ3v) is 4.09. The van der Waals surface area contributed by atoms with Gasteiger partial charge in [0.25, 0.3) is 5.91 Å². The number of hydrogen-bond acceptors (Lipinski definition) is 3. The van der Waals surface area contributed by atoms with Gasteiger partial charge in [-0.15, -0.1) is 12.4 Å². The van der Waals surface area contributed by atoms with Crippen molar-refractivity contribution in [2.24, 2.45) is 0 Å². The van der Waals surface area contributed by atoms with Gasteiger partial charge >= 0.3 is 0 Å². The SMILES string of the molecule is Cl.[2H]c1c([2H])c(CNCCc2c(C)[nH]c3ccccc23)c([2H])c([2H])c1/C=C/C(=O)NO. The zero-order valence-electron chi connectivity index (χ0n) is 18.8. The normalized spacial score (nSPS) is 13.0. The first-order valence-corrected chi connectivity index (χ1v) is 8.33. The van der Waals surface area contributed by atoms with Gasteiger partial charge in [-0.1, -0.05) is 42.4 Å². The zero-order chi connectivity index (χ0) is 21.8. The molecule has 1 heterocycles. The Morgan fingerprint density at radius 1 is 1.26 bits per heavy atom. The zero-order valence-corrected chi connectivity index (χ0v) is 15.7. The lowest BCUT2D eigenvalue weighted by atomic mass is 10.1. The molecule has 0 bridgehead atoms. The van der Waals surface area contributed by atoms with Gasteiger partial charge in [-0.25, -0.2) is 5.48 Å². The molecule has 0 radical (unpaired) electrons. The van der Waals surface area contributed by atoms with Gasteiger partial charge in [-0.2, -0.15) is 0 Å². The van der Waals surface area contributed by atoms with Gasteiger partial charge in [0.2, 0.25) is 0 Å². The van der Waals surface area contributed by atoms with Crippen LogP contribution in [0.5, 0.6) is 0 Å². The van der Waals surface area contributed by atoms with Crippen LogP contribution in [-0.4, -0.2) is 22.6 Å². The van der Waals surface area contributed by atoms with E-state index in [2.05, 4.69) is 16.4 Å². The minimum Gasteiger partial charge on any atom is -0.358 e. The Balaban J connectivity index is 0.00000341. The number of para-hydroxylation sites is 1. The number of amides is 1. The van der Waals surface area contributed by atoms with E-state index in [0.29, 0.717) is 6.54 Å². The number of aromatic nitrogens is 1. The molecule has 1 aromatic heterocycles. The number of benzene rings is 2. The maximum atomic E-state index is 11.1. The fraction of sp³-hybridized carbons (Fsp3) is 0.190. The van der Waals surface area contributed by atoms with E-state index in [1.807, 2.05) is 25.1 Å². The van der Waals surface area contributed by atoms with Gasteiger partial charge in [-0.05, 0) is 48.7 Å². The van der Waals surface area contributed by atoms with Gasteiger partial charge in [0.15, 0.2) is 0 Å². The summed E-state index contributed by atoms with van der Waals surface area (Å²) in [6, 6.07) is 7.30. The Hall–Kier alpha value is -2.60. The summed E-state index contributed by atoms with van der Waals surface area (Å²) < 4.78 is 32.6. The maximum Gasteiger partial charge on any atom is 0.267 e. The van der Waals surface area contributed by atoms with E-state index in [-0.39, 0.29) is 54.2 Å². The van der Waals surface area contributed by atoms with Crippen LogP contribution in [-0.2, 0) is 17.8 Å². The number of fused-ring (bicyclic) bond motifs is 1. The number of rotatable bonds is 7. The number of hydroxylamine groups is 1. The largest absolute Gasteiger partial charge is 0.358 e. The topological polar surface area (TPSA) is 77.2 Å². The highest BCUT2D eigenvalue weighted by atomic mass is 35.5. The summed E-state index contributed by atoms with van der Waals surface area (Å²) in [5, 5.41) is 12.9. The molecule has 0 atom stereocenters. The van der Waals surface area contributed by atoms with Crippen molar-refractivity contribution in [2.45, 2.75) is 19.9 Å². The van der Waals surface area contributed by atoms with Crippen molar-refractivity contribution < 1.29 is 15.5 Å². The Bertz CT molecular complexity index is 1100. The van der Waals surface area contributed by atoms with E-state index in [1.165, 1.54) is 16.4 Å². The van der Waals surface area contributed by atoms with Gasteiger partial charge in [-0.3, -0.25) is 10.0 Å². The molecule has 0 spiro atoms. The van der Waals surface area contributed by atoms with E-state index in [1.54, 1.807) is 0 Å². The van der Waals surface area contributed by atoms with Crippen molar-refractivity contribution >= 4 is 35.3 Å². The van der Waals surface area contributed by atoms with Gasteiger partial charge in [0.1, 0.15) is 0 Å². The van der Waals surface area contributed by atoms with Crippen LogP contribution in [0.15, 0.2) is 54.5 Å². The minimum absolute atomic E-state index is 0. The molecule has 0 saturated carbocycles. The fourth-order valence-corrected chi connectivity index (χ4v) is 2.80. The van der Waals surface area contributed by atoms with Crippen LogP contribution in [0.3, 0.4) is 0 Å². The fourth-order valence-electron chi connectivity index (χ4n) is 2.80. The van der Waals surface area contributed by atoms with Crippen LogP contribution >= 0.6 is 12.4 Å². The number of aryl methyl sites for hydroxylation is 1. The monoisotopic (exact) mass is 389 g/mol. The summed E-state index contributed by atoms with van der Waals surface area (Å²) in [5.74, 6) is -0.815. The summed E-state index contributed by atoms with van der Waals surface area (Å²) in [5.41, 5.74) is 5.08. The number of nitrogens with one attached hydrogen (secondary N) is 3. The number of halogens is 1. The second kappa shape index (κ2) is 9.92. The minimum atomic E-state index is -0.815.